The largest absolute Gasteiger partial charge is 0.351 e. The van der Waals surface area contributed by atoms with E-state index in [1.54, 1.807) is 0 Å². The smallest absolute Gasteiger partial charge is 0.273 e. The van der Waals surface area contributed by atoms with Crippen LogP contribution in [-0.4, -0.2) is 44.8 Å². The molecule has 182 valence electrons. The normalized spacial score (nSPS) is 24.2. The Morgan fingerprint density at radius 1 is 0.971 bits per heavy atom. The lowest BCUT2D eigenvalue weighted by molar-refractivity contribution is -0.135. The highest BCUT2D eigenvalue weighted by Gasteiger charge is 2.51. The van der Waals surface area contributed by atoms with Crippen molar-refractivity contribution >= 4 is 34.3 Å². The molecule has 2 heterocycles. The number of benzene rings is 1. The first-order valence-corrected chi connectivity index (χ1v) is 12.9. The molecule has 34 heavy (non-hydrogen) atoms. The molecule has 7 heteroatoms. The third-order valence-electron chi connectivity index (χ3n) is 8.06. The van der Waals surface area contributed by atoms with E-state index in [1.165, 1.54) is 19.8 Å². The predicted molar refractivity (Wildman–Crippen MR) is 133 cm³/mol. The topological polar surface area (TPSA) is 83.4 Å². The van der Waals surface area contributed by atoms with E-state index in [9.17, 15) is 14.4 Å². The summed E-state index contributed by atoms with van der Waals surface area (Å²) in [6, 6.07) is 7.96. The number of para-hydroxylation sites is 1. The van der Waals surface area contributed by atoms with Gasteiger partial charge in [-0.3, -0.25) is 14.4 Å². The van der Waals surface area contributed by atoms with Crippen molar-refractivity contribution in [2.45, 2.75) is 102 Å². The van der Waals surface area contributed by atoms with E-state index in [-0.39, 0.29) is 29.8 Å². The third kappa shape index (κ3) is 3.89. The molecule has 7 nitrogen and oxygen atoms in total. The molecule has 2 N–H and O–H groups in total. The molecule has 2 saturated carbocycles. The van der Waals surface area contributed by atoms with Crippen molar-refractivity contribution in [2.24, 2.45) is 0 Å². The van der Waals surface area contributed by atoms with E-state index in [4.69, 9.17) is 0 Å². The Kier molecular flexibility index (Phi) is 6.13. The van der Waals surface area contributed by atoms with E-state index in [0.717, 1.165) is 62.3 Å². The Hall–Kier alpha value is -2.83. The Labute approximate surface area is 201 Å². The summed E-state index contributed by atoms with van der Waals surface area (Å²) in [4.78, 5) is 42.2. The molecule has 2 aliphatic carbocycles. The highest BCUT2D eigenvalue weighted by molar-refractivity contribution is 6.14. The van der Waals surface area contributed by atoms with Crippen molar-refractivity contribution in [1.29, 1.82) is 0 Å². The highest BCUT2D eigenvalue weighted by Crippen LogP contribution is 2.41. The number of rotatable bonds is 4. The first kappa shape index (κ1) is 22.9. The molecular weight excluding hydrogens is 428 g/mol. The van der Waals surface area contributed by atoms with Crippen LogP contribution in [0.3, 0.4) is 0 Å². The summed E-state index contributed by atoms with van der Waals surface area (Å²) in [6.45, 7) is 3.78. The van der Waals surface area contributed by atoms with Gasteiger partial charge in [-0.2, -0.15) is 0 Å². The zero-order valence-corrected chi connectivity index (χ0v) is 20.4. The molecule has 1 aromatic heterocycles. The Balaban J connectivity index is 1.61. The number of carbonyl (C=O) groups is 3. The van der Waals surface area contributed by atoms with Crippen LogP contribution in [0.1, 0.15) is 88.5 Å². The van der Waals surface area contributed by atoms with E-state index in [2.05, 4.69) is 10.6 Å². The summed E-state index contributed by atoms with van der Waals surface area (Å²) in [6.07, 6.45) is 10.6. The molecule has 1 aromatic carbocycles. The number of nitrogens with one attached hydrogen (secondary N) is 2. The molecule has 1 aliphatic heterocycles. The molecule has 3 aliphatic rings. The number of hydrogen-bond acceptors (Lipinski definition) is 3. The predicted octanol–water partition coefficient (Wildman–Crippen LogP) is 4.60. The van der Waals surface area contributed by atoms with Crippen LogP contribution in [0.2, 0.25) is 0 Å². The van der Waals surface area contributed by atoms with Gasteiger partial charge in [0.2, 0.25) is 11.8 Å². The fourth-order valence-electron chi connectivity index (χ4n) is 6.39. The number of amides is 3. The van der Waals surface area contributed by atoms with Gasteiger partial charge in [-0.25, -0.2) is 0 Å². The van der Waals surface area contributed by atoms with E-state index in [1.807, 2.05) is 40.7 Å². The zero-order valence-electron chi connectivity index (χ0n) is 20.4. The fraction of sp³-hybridized carbons (Fsp3) is 0.593. The number of hydrogen-bond donors (Lipinski definition) is 2. The molecule has 3 amide bonds. The third-order valence-corrected chi connectivity index (χ3v) is 8.06. The van der Waals surface area contributed by atoms with Crippen molar-refractivity contribution in [2.75, 3.05) is 5.32 Å². The summed E-state index contributed by atoms with van der Waals surface area (Å²) in [5, 5.41) is 7.08. The second-order valence-electron chi connectivity index (χ2n) is 10.6. The first-order chi connectivity index (χ1) is 16.4. The van der Waals surface area contributed by atoms with Gasteiger partial charge in [0.1, 0.15) is 11.2 Å². The van der Waals surface area contributed by atoms with Gasteiger partial charge in [-0.1, -0.05) is 56.7 Å². The monoisotopic (exact) mass is 464 g/mol. The van der Waals surface area contributed by atoms with Crippen molar-refractivity contribution < 1.29 is 14.4 Å². The molecule has 0 saturated heterocycles. The molecule has 2 fully saturated rings. The fourth-order valence-corrected chi connectivity index (χ4v) is 6.39. The second kappa shape index (κ2) is 9.08. The van der Waals surface area contributed by atoms with Crippen LogP contribution >= 0.6 is 0 Å². The number of aromatic nitrogens is 1. The van der Waals surface area contributed by atoms with E-state index < -0.39 is 5.54 Å². The minimum absolute atomic E-state index is 0.0281. The Bertz CT molecular complexity index is 1110. The van der Waals surface area contributed by atoms with Crippen molar-refractivity contribution in [3.05, 3.63) is 30.0 Å². The van der Waals surface area contributed by atoms with Crippen molar-refractivity contribution in [1.82, 2.24) is 14.8 Å². The van der Waals surface area contributed by atoms with Crippen LogP contribution < -0.4 is 10.6 Å². The van der Waals surface area contributed by atoms with Crippen molar-refractivity contribution in [3.63, 3.8) is 0 Å². The van der Waals surface area contributed by atoms with Gasteiger partial charge in [-0.05, 0) is 38.7 Å². The molecule has 0 unspecified atom stereocenters. The lowest BCUT2D eigenvalue weighted by Gasteiger charge is -2.49. The number of carbonyl (C=O) groups excluding carboxylic acids is 3. The molecule has 5 rings (SSSR count). The van der Waals surface area contributed by atoms with Gasteiger partial charge in [0.15, 0.2) is 0 Å². The van der Waals surface area contributed by atoms with E-state index in [0.29, 0.717) is 17.9 Å². The summed E-state index contributed by atoms with van der Waals surface area (Å²) in [5.41, 5.74) is 0.932. The summed E-state index contributed by atoms with van der Waals surface area (Å²) < 4.78 is 1.96. The lowest BCUT2D eigenvalue weighted by atomic mass is 9.86. The minimum atomic E-state index is -0.987. The Morgan fingerprint density at radius 2 is 1.62 bits per heavy atom. The van der Waals surface area contributed by atoms with Crippen LogP contribution in [0.15, 0.2) is 24.3 Å². The van der Waals surface area contributed by atoms with Crippen molar-refractivity contribution in [3.8, 4) is 0 Å². The van der Waals surface area contributed by atoms with E-state index >= 15 is 0 Å². The van der Waals surface area contributed by atoms with Gasteiger partial charge in [0.05, 0.1) is 17.7 Å². The van der Waals surface area contributed by atoms with Crippen LogP contribution in [0, 0.1) is 0 Å². The molecule has 0 spiro atoms. The maximum atomic E-state index is 14.3. The second-order valence-corrected chi connectivity index (χ2v) is 10.6. The maximum absolute atomic E-state index is 14.3. The van der Waals surface area contributed by atoms with Gasteiger partial charge in [0, 0.05) is 24.4 Å². The number of anilines is 1. The molecule has 0 radical (unpaired) electrons. The maximum Gasteiger partial charge on any atom is 0.273 e. The quantitative estimate of drug-likeness (QED) is 0.694. The minimum Gasteiger partial charge on any atom is -0.351 e. The Morgan fingerprint density at radius 3 is 2.29 bits per heavy atom. The number of nitrogens with zero attached hydrogens (tertiary/aromatic N) is 2. The summed E-state index contributed by atoms with van der Waals surface area (Å²) in [7, 11) is 0. The van der Waals surface area contributed by atoms with Crippen LogP contribution in [0.4, 0.5) is 5.69 Å². The molecule has 2 aromatic rings. The van der Waals surface area contributed by atoms with Crippen LogP contribution in [0.5, 0.6) is 0 Å². The van der Waals surface area contributed by atoms with Gasteiger partial charge in [-0.15, -0.1) is 0 Å². The first-order valence-electron chi connectivity index (χ1n) is 12.9. The summed E-state index contributed by atoms with van der Waals surface area (Å²) >= 11 is 0. The SMILES string of the molecule is CC(=O)Nc1c2n(c3ccccc13)C[C@](C)(C(=O)NC1CCCCC1)N(C1CCCCC1)C2=O. The zero-order chi connectivity index (χ0) is 23.9. The van der Waals surface area contributed by atoms with Gasteiger partial charge in [0.25, 0.3) is 5.91 Å². The summed E-state index contributed by atoms with van der Waals surface area (Å²) in [5.74, 6) is -0.415. The number of fused-ring (bicyclic) bond motifs is 3. The van der Waals surface area contributed by atoms with Crippen LogP contribution in [0.25, 0.3) is 10.9 Å². The average Bonchev–Trinajstić information content (AvgIpc) is 3.13. The average molecular weight is 465 g/mol. The molecule has 0 bridgehead atoms. The lowest BCUT2D eigenvalue weighted by Crippen LogP contribution is -2.67. The molecular formula is C27H36N4O3. The standard InChI is InChI=1S/C27H36N4O3/c1-18(32)28-23-21-15-9-10-16-22(21)30-17-27(2,26(34)29-19-11-5-3-6-12-19)31(25(33)24(23)30)20-13-7-4-8-14-20/h9-10,15-16,19-20H,3-8,11-14,17H2,1-2H3,(H,28,32)(H,29,34)/t27-/m1/s1. The van der Waals surface area contributed by atoms with Crippen LogP contribution in [-0.2, 0) is 16.1 Å². The molecule has 1 atom stereocenters. The van der Waals surface area contributed by atoms with Gasteiger partial charge < -0.3 is 20.1 Å². The van der Waals surface area contributed by atoms with Gasteiger partial charge >= 0.3 is 0 Å². The highest BCUT2D eigenvalue weighted by atomic mass is 16.2.